The molecule has 0 aliphatic carbocycles. The second kappa shape index (κ2) is 10.1. The molecule has 0 aliphatic rings. The molecule has 0 fully saturated rings. The van der Waals surface area contributed by atoms with Crippen molar-refractivity contribution >= 4 is 5.97 Å². The first-order valence-electron chi connectivity index (χ1n) is 7.10. The van der Waals surface area contributed by atoms with Crippen LogP contribution in [0, 0.1) is 11.8 Å². The van der Waals surface area contributed by atoms with Gasteiger partial charge in [0.15, 0.2) is 0 Å². The summed E-state index contributed by atoms with van der Waals surface area (Å²) in [5.41, 5.74) is 1.90. The van der Waals surface area contributed by atoms with Gasteiger partial charge in [-0.15, -0.1) is 0 Å². The maximum atomic E-state index is 11.3. The van der Waals surface area contributed by atoms with Crippen LogP contribution in [0.15, 0.2) is 24.3 Å². The Morgan fingerprint density at radius 2 is 1.95 bits per heavy atom. The lowest BCUT2D eigenvalue weighted by molar-refractivity contribution is -0.142. The highest BCUT2D eigenvalue weighted by Crippen LogP contribution is 2.05. The third kappa shape index (κ3) is 6.96. The predicted molar refractivity (Wildman–Crippen MR) is 79.2 cm³/mol. The Hall–Kier alpha value is -1.79. The van der Waals surface area contributed by atoms with Crippen LogP contribution in [0.5, 0.6) is 0 Å². The van der Waals surface area contributed by atoms with Gasteiger partial charge < -0.3 is 9.84 Å². The van der Waals surface area contributed by atoms with Crippen molar-refractivity contribution in [3.05, 3.63) is 35.4 Å². The summed E-state index contributed by atoms with van der Waals surface area (Å²) in [5.74, 6) is 6.02. The van der Waals surface area contributed by atoms with Crippen LogP contribution in [0.3, 0.4) is 0 Å². The molecular formula is C17H22O3. The van der Waals surface area contributed by atoms with Gasteiger partial charge in [-0.05, 0) is 37.5 Å². The quantitative estimate of drug-likeness (QED) is 0.472. The minimum atomic E-state index is -0.199. The minimum Gasteiger partial charge on any atom is -0.466 e. The fourth-order valence-electron chi connectivity index (χ4n) is 1.75. The van der Waals surface area contributed by atoms with E-state index in [0.29, 0.717) is 13.0 Å². The number of hydrogen-bond donors (Lipinski definition) is 1. The second-order valence-corrected chi connectivity index (χ2v) is 4.51. The van der Waals surface area contributed by atoms with Crippen molar-refractivity contribution in [2.75, 3.05) is 13.2 Å². The van der Waals surface area contributed by atoms with Gasteiger partial charge in [0, 0.05) is 18.6 Å². The van der Waals surface area contributed by atoms with Crippen molar-refractivity contribution < 1.29 is 14.6 Å². The van der Waals surface area contributed by atoms with Gasteiger partial charge in [0.1, 0.15) is 0 Å². The Labute approximate surface area is 121 Å². The molecule has 1 rings (SSSR count). The van der Waals surface area contributed by atoms with E-state index in [9.17, 15) is 4.79 Å². The van der Waals surface area contributed by atoms with Crippen LogP contribution >= 0.6 is 0 Å². The summed E-state index contributed by atoms with van der Waals surface area (Å²) in [5, 5.41) is 8.65. The number of ether oxygens (including phenoxy) is 1. The van der Waals surface area contributed by atoms with Gasteiger partial charge in [-0.3, -0.25) is 4.79 Å². The second-order valence-electron chi connectivity index (χ2n) is 4.51. The summed E-state index contributed by atoms with van der Waals surface area (Å²) in [6.45, 7) is 2.48. The van der Waals surface area contributed by atoms with E-state index in [1.165, 1.54) is 0 Å². The fraction of sp³-hybridized carbons (Fsp3) is 0.471. The molecule has 0 aliphatic heterocycles. The normalized spacial score (nSPS) is 9.70. The molecule has 0 heterocycles. The largest absolute Gasteiger partial charge is 0.466 e. The van der Waals surface area contributed by atoms with E-state index in [2.05, 4.69) is 11.8 Å². The minimum absolute atomic E-state index is 0.199. The van der Waals surface area contributed by atoms with Gasteiger partial charge in [0.05, 0.1) is 13.0 Å². The molecule has 0 bridgehead atoms. The first-order chi connectivity index (χ1) is 9.76. The number of esters is 1. The first kappa shape index (κ1) is 16.3. The summed E-state index contributed by atoms with van der Waals surface area (Å²) in [6, 6.07) is 7.67. The molecule has 1 N–H and O–H groups in total. The van der Waals surface area contributed by atoms with Gasteiger partial charge in [-0.2, -0.15) is 0 Å². The summed E-state index contributed by atoms with van der Waals surface area (Å²) in [6.07, 6.45) is 4.05. The van der Waals surface area contributed by atoms with Crippen LogP contribution in [0.4, 0.5) is 0 Å². The highest BCUT2D eigenvalue weighted by molar-refractivity contribution is 5.72. The van der Waals surface area contributed by atoms with Gasteiger partial charge in [0.2, 0.25) is 0 Å². The van der Waals surface area contributed by atoms with Gasteiger partial charge >= 0.3 is 5.97 Å². The molecule has 1 aromatic rings. The van der Waals surface area contributed by atoms with Crippen molar-refractivity contribution in [1.29, 1.82) is 0 Å². The third-order valence-corrected chi connectivity index (χ3v) is 2.80. The predicted octanol–water partition coefficient (Wildman–Crippen LogP) is 2.70. The van der Waals surface area contributed by atoms with E-state index in [-0.39, 0.29) is 12.6 Å². The van der Waals surface area contributed by atoms with Gasteiger partial charge in [0.25, 0.3) is 0 Å². The average Bonchev–Trinajstić information content (AvgIpc) is 2.45. The Kier molecular flexibility index (Phi) is 8.17. The van der Waals surface area contributed by atoms with Crippen molar-refractivity contribution in [1.82, 2.24) is 0 Å². The zero-order valence-corrected chi connectivity index (χ0v) is 12.0. The lowest BCUT2D eigenvalue weighted by atomic mass is 10.1. The van der Waals surface area contributed by atoms with Crippen LogP contribution in [0.25, 0.3) is 0 Å². The molecule has 1 aromatic carbocycles. The number of rotatable bonds is 7. The van der Waals surface area contributed by atoms with Crippen molar-refractivity contribution in [3.8, 4) is 11.8 Å². The number of carbonyl (C=O) groups excluding carboxylic acids is 1. The molecule has 0 saturated carbocycles. The van der Waals surface area contributed by atoms with Gasteiger partial charge in [-0.1, -0.05) is 30.4 Å². The number of carbonyl (C=O) groups is 1. The van der Waals surface area contributed by atoms with Crippen LogP contribution in [0.1, 0.15) is 43.7 Å². The van der Waals surface area contributed by atoms with Gasteiger partial charge in [-0.25, -0.2) is 0 Å². The highest BCUT2D eigenvalue weighted by atomic mass is 16.5. The lowest BCUT2D eigenvalue weighted by Crippen LogP contribution is -2.07. The van der Waals surface area contributed by atoms with Crippen LogP contribution in [-0.2, 0) is 16.0 Å². The van der Waals surface area contributed by atoms with Crippen LogP contribution in [-0.4, -0.2) is 24.3 Å². The van der Waals surface area contributed by atoms with E-state index in [1.807, 2.05) is 24.3 Å². The molecular weight excluding hydrogens is 252 g/mol. The lowest BCUT2D eigenvalue weighted by Gasteiger charge is -2.01. The van der Waals surface area contributed by atoms with Crippen molar-refractivity contribution in [3.63, 3.8) is 0 Å². The Balaban J connectivity index is 2.38. The van der Waals surface area contributed by atoms with E-state index in [4.69, 9.17) is 9.84 Å². The molecule has 0 aromatic heterocycles. The monoisotopic (exact) mass is 274 g/mol. The standard InChI is InChI=1S/C17H22O3/c1-2-20-17(19)14-16-11-9-15(10-12-16)8-6-4-3-5-7-13-18/h9-12,18H,2-5,7,13-14H2,1H3. The molecule has 3 nitrogen and oxygen atoms in total. The fourth-order valence-corrected chi connectivity index (χ4v) is 1.75. The third-order valence-electron chi connectivity index (χ3n) is 2.80. The molecule has 0 radical (unpaired) electrons. The molecule has 0 atom stereocenters. The molecule has 0 spiro atoms. The number of aliphatic hydroxyl groups excluding tert-OH is 1. The van der Waals surface area contributed by atoms with E-state index >= 15 is 0 Å². The summed E-state index contributed by atoms with van der Waals surface area (Å²) >= 11 is 0. The topological polar surface area (TPSA) is 46.5 Å². The van der Waals surface area contributed by atoms with E-state index in [1.54, 1.807) is 6.92 Å². The van der Waals surface area contributed by atoms with E-state index < -0.39 is 0 Å². The molecule has 0 saturated heterocycles. The van der Waals surface area contributed by atoms with E-state index in [0.717, 1.165) is 36.8 Å². The average molecular weight is 274 g/mol. The number of aliphatic hydroxyl groups is 1. The molecule has 108 valence electrons. The SMILES string of the molecule is CCOC(=O)Cc1ccc(C#CCCCCCO)cc1. The van der Waals surface area contributed by atoms with Crippen LogP contribution < -0.4 is 0 Å². The maximum Gasteiger partial charge on any atom is 0.310 e. The maximum absolute atomic E-state index is 11.3. The number of benzene rings is 1. The number of unbranched alkanes of at least 4 members (excludes halogenated alkanes) is 3. The Bertz CT molecular complexity index is 451. The number of hydrogen-bond acceptors (Lipinski definition) is 3. The molecule has 20 heavy (non-hydrogen) atoms. The van der Waals surface area contributed by atoms with Crippen LogP contribution in [0.2, 0.25) is 0 Å². The summed E-state index contributed by atoms with van der Waals surface area (Å²) < 4.78 is 4.90. The summed E-state index contributed by atoms with van der Waals surface area (Å²) in [4.78, 5) is 11.3. The van der Waals surface area contributed by atoms with Crippen molar-refractivity contribution in [2.45, 2.75) is 39.0 Å². The first-order valence-corrected chi connectivity index (χ1v) is 7.10. The smallest absolute Gasteiger partial charge is 0.310 e. The van der Waals surface area contributed by atoms with Crippen molar-refractivity contribution in [2.24, 2.45) is 0 Å². The summed E-state index contributed by atoms with van der Waals surface area (Å²) in [7, 11) is 0. The molecule has 3 heteroatoms. The zero-order valence-electron chi connectivity index (χ0n) is 12.0. The molecule has 0 amide bonds. The highest BCUT2D eigenvalue weighted by Gasteiger charge is 2.02. The molecule has 0 unspecified atom stereocenters. The Morgan fingerprint density at radius 1 is 1.20 bits per heavy atom. The Morgan fingerprint density at radius 3 is 2.60 bits per heavy atom. The zero-order chi connectivity index (χ0) is 14.6.